The van der Waals surface area contributed by atoms with Crippen LogP contribution in [0.2, 0.25) is 5.02 Å². The molecule has 0 spiro atoms. The summed E-state index contributed by atoms with van der Waals surface area (Å²) >= 11 is 7.04. The number of hydrogen-bond acceptors (Lipinski definition) is 10. The van der Waals surface area contributed by atoms with Crippen molar-refractivity contribution in [1.82, 2.24) is 4.90 Å². The zero-order chi connectivity index (χ0) is 27.2. The summed E-state index contributed by atoms with van der Waals surface area (Å²) in [5.41, 5.74) is 0.893. The fourth-order valence-corrected chi connectivity index (χ4v) is 4.63. The summed E-state index contributed by atoms with van der Waals surface area (Å²) in [6, 6.07) is 7.97. The average Bonchev–Trinajstić information content (AvgIpc) is 3.15. The van der Waals surface area contributed by atoms with E-state index in [0.717, 1.165) is 4.90 Å². The van der Waals surface area contributed by atoms with Crippen LogP contribution < -0.4 is 24.3 Å². The van der Waals surface area contributed by atoms with Crippen molar-refractivity contribution >= 4 is 58.1 Å². The van der Waals surface area contributed by atoms with Crippen molar-refractivity contribution < 1.29 is 42.9 Å². The van der Waals surface area contributed by atoms with Gasteiger partial charge >= 0.3 is 5.97 Å². The molecule has 2 aromatic carbocycles. The monoisotopic (exact) mass is 562 g/mol. The summed E-state index contributed by atoms with van der Waals surface area (Å²) in [6.07, 6.45) is 1.46. The van der Waals surface area contributed by atoms with E-state index in [-0.39, 0.29) is 34.6 Å². The van der Waals surface area contributed by atoms with Crippen LogP contribution in [0.5, 0.6) is 23.0 Å². The summed E-state index contributed by atoms with van der Waals surface area (Å²) in [6.45, 7) is 2.03. The second-order valence-corrected chi connectivity index (χ2v) is 9.20. The minimum atomic E-state index is -0.627. The number of carbonyl (C=O) groups excluding carboxylic acids is 4. The van der Waals surface area contributed by atoms with Crippen LogP contribution >= 0.6 is 23.4 Å². The molecule has 0 unspecified atom stereocenters. The molecule has 1 N–H and O–H groups in total. The third-order valence-corrected chi connectivity index (χ3v) is 6.38. The number of rotatable bonds is 9. The van der Waals surface area contributed by atoms with Gasteiger partial charge in [0.1, 0.15) is 19.8 Å². The van der Waals surface area contributed by atoms with Gasteiger partial charge in [0.15, 0.2) is 29.6 Å². The smallest absolute Gasteiger partial charge is 0.343 e. The molecular weight excluding hydrogens is 540 g/mol. The molecule has 0 aliphatic carbocycles. The maximum atomic E-state index is 12.9. The number of fused-ring (bicyclic) bond motifs is 1. The van der Waals surface area contributed by atoms with Gasteiger partial charge in [0.2, 0.25) is 5.91 Å². The molecular formula is C25H23ClN2O9S. The van der Waals surface area contributed by atoms with E-state index in [9.17, 15) is 19.2 Å². The molecule has 2 aliphatic heterocycles. The number of nitrogens with zero attached hydrogens (tertiary/aromatic N) is 1. The van der Waals surface area contributed by atoms with Gasteiger partial charge in [-0.2, -0.15) is 0 Å². The first kappa shape index (κ1) is 27.1. The van der Waals surface area contributed by atoms with Gasteiger partial charge in [-0.25, -0.2) is 4.79 Å². The number of amides is 3. The first-order valence-electron chi connectivity index (χ1n) is 11.4. The molecule has 38 heavy (non-hydrogen) atoms. The summed E-state index contributed by atoms with van der Waals surface area (Å²) in [5, 5.41) is 2.19. The molecule has 0 radical (unpaired) electrons. The van der Waals surface area contributed by atoms with Crippen LogP contribution in [0.1, 0.15) is 12.5 Å². The van der Waals surface area contributed by atoms with E-state index < -0.39 is 29.6 Å². The summed E-state index contributed by atoms with van der Waals surface area (Å²) in [5.74, 6) is -0.334. The fraction of sp³-hybridized carbons (Fsp3) is 0.280. The standard InChI is InChI=1S/C25H23ClN2O9S/c1-3-34-19-9-14(8-16(26)23(19)37-13-22(30)33-2)10-20-24(31)28(25(32)38-20)12-21(29)27-15-4-5-17-18(11-15)36-7-6-35-17/h4-5,8-11H,3,6-7,12-13H2,1-2H3,(H,27,29)/b20-10-. The van der Waals surface area contributed by atoms with Crippen molar-refractivity contribution in [3.8, 4) is 23.0 Å². The SMILES string of the molecule is CCOc1cc(/C=C2\SC(=O)N(CC(=O)Nc3ccc4c(c3)OCCO4)C2=O)cc(Cl)c1OCC(=O)OC. The lowest BCUT2D eigenvalue weighted by molar-refractivity contribution is -0.143. The Bertz CT molecular complexity index is 1310. The fourth-order valence-electron chi connectivity index (χ4n) is 3.52. The maximum absolute atomic E-state index is 12.9. The number of hydrogen-bond donors (Lipinski definition) is 1. The largest absolute Gasteiger partial charge is 0.490 e. The number of benzene rings is 2. The Labute approximate surface area is 226 Å². The highest BCUT2D eigenvalue weighted by molar-refractivity contribution is 8.18. The Morgan fingerprint density at radius 3 is 2.63 bits per heavy atom. The Kier molecular flexibility index (Phi) is 8.64. The van der Waals surface area contributed by atoms with Gasteiger partial charge in [0.05, 0.1) is 23.6 Å². The van der Waals surface area contributed by atoms with Crippen LogP contribution in [0.4, 0.5) is 10.5 Å². The summed E-state index contributed by atoms with van der Waals surface area (Å²) < 4.78 is 26.5. The van der Waals surface area contributed by atoms with Crippen molar-refractivity contribution in [3.05, 3.63) is 45.8 Å². The molecule has 0 saturated carbocycles. The number of halogens is 1. The Hall–Kier alpha value is -3.90. The van der Waals surface area contributed by atoms with E-state index in [4.69, 9.17) is 30.5 Å². The van der Waals surface area contributed by atoms with Gasteiger partial charge in [-0.15, -0.1) is 0 Å². The van der Waals surface area contributed by atoms with E-state index in [1.54, 1.807) is 31.2 Å². The molecule has 0 atom stereocenters. The number of ether oxygens (including phenoxy) is 5. The van der Waals surface area contributed by atoms with Gasteiger partial charge in [-0.05, 0) is 54.6 Å². The third kappa shape index (κ3) is 6.32. The Morgan fingerprint density at radius 1 is 1.13 bits per heavy atom. The first-order valence-corrected chi connectivity index (χ1v) is 12.6. The molecule has 2 aromatic rings. The van der Waals surface area contributed by atoms with Crippen LogP contribution in [-0.4, -0.2) is 68.0 Å². The zero-order valence-corrected chi connectivity index (χ0v) is 22.0. The van der Waals surface area contributed by atoms with Gasteiger partial charge in [-0.1, -0.05) is 11.6 Å². The normalized spacial score (nSPS) is 15.4. The van der Waals surface area contributed by atoms with Crippen LogP contribution in [0, 0.1) is 0 Å². The number of thioether (sulfide) groups is 1. The second-order valence-electron chi connectivity index (χ2n) is 7.80. The number of anilines is 1. The minimum absolute atomic E-state index is 0.101. The highest BCUT2D eigenvalue weighted by atomic mass is 35.5. The topological polar surface area (TPSA) is 130 Å². The predicted octanol–water partition coefficient (Wildman–Crippen LogP) is 3.74. The van der Waals surface area contributed by atoms with E-state index >= 15 is 0 Å². The molecule has 200 valence electrons. The number of esters is 1. The van der Waals surface area contributed by atoms with E-state index in [2.05, 4.69) is 10.1 Å². The zero-order valence-electron chi connectivity index (χ0n) is 20.4. The molecule has 2 heterocycles. The van der Waals surface area contributed by atoms with Crippen LogP contribution in [0.25, 0.3) is 6.08 Å². The first-order chi connectivity index (χ1) is 18.3. The van der Waals surface area contributed by atoms with Crippen molar-refractivity contribution in [2.75, 3.05) is 45.4 Å². The van der Waals surface area contributed by atoms with Crippen molar-refractivity contribution in [3.63, 3.8) is 0 Å². The van der Waals surface area contributed by atoms with Crippen LogP contribution in [-0.2, 0) is 19.1 Å². The molecule has 0 bridgehead atoms. The molecule has 11 nitrogen and oxygen atoms in total. The molecule has 0 aromatic heterocycles. The van der Waals surface area contributed by atoms with Gasteiger partial charge < -0.3 is 29.0 Å². The van der Waals surface area contributed by atoms with Crippen molar-refractivity contribution in [2.24, 2.45) is 0 Å². The summed E-state index contributed by atoms with van der Waals surface area (Å²) in [4.78, 5) is 50.4. The quantitative estimate of drug-likeness (QED) is 0.356. The highest BCUT2D eigenvalue weighted by Crippen LogP contribution is 2.39. The third-order valence-electron chi connectivity index (χ3n) is 5.19. The lowest BCUT2D eigenvalue weighted by Crippen LogP contribution is -2.36. The molecule has 3 amide bonds. The Morgan fingerprint density at radius 2 is 1.89 bits per heavy atom. The van der Waals surface area contributed by atoms with Gasteiger partial charge in [0.25, 0.3) is 11.1 Å². The summed E-state index contributed by atoms with van der Waals surface area (Å²) in [7, 11) is 1.23. The van der Waals surface area contributed by atoms with Crippen molar-refractivity contribution in [1.29, 1.82) is 0 Å². The van der Waals surface area contributed by atoms with E-state index in [0.29, 0.717) is 47.7 Å². The van der Waals surface area contributed by atoms with Gasteiger partial charge in [0, 0.05) is 11.8 Å². The number of nitrogens with one attached hydrogen (secondary N) is 1. The molecule has 2 aliphatic rings. The lowest BCUT2D eigenvalue weighted by atomic mass is 10.1. The van der Waals surface area contributed by atoms with E-state index in [1.807, 2.05) is 0 Å². The minimum Gasteiger partial charge on any atom is -0.490 e. The molecule has 4 rings (SSSR count). The lowest BCUT2D eigenvalue weighted by Gasteiger charge is -2.19. The van der Waals surface area contributed by atoms with E-state index in [1.165, 1.54) is 19.3 Å². The van der Waals surface area contributed by atoms with Crippen LogP contribution in [0.15, 0.2) is 35.2 Å². The van der Waals surface area contributed by atoms with Gasteiger partial charge in [-0.3, -0.25) is 19.3 Å². The maximum Gasteiger partial charge on any atom is 0.343 e. The molecule has 13 heteroatoms. The Balaban J connectivity index is 1.46. The molecule has 1 fully saturated rings. The van der Waals surface area contributed by atoms with Crippen molar-refractivity contribution in [2.45, 2.75) is 6.92 Å². The second kappa shape index (κ2) is 12.1. The predicted molar refractivity (Wildman–Crippen MR) is 139 cm³/mol. The average molecular weight is 563 g/mol. The number of carbonyl (C=O) groups is 4. The molecule has 1 saturated heterocycles. The van der Waals surface area contributed by atoms with Crippen LogP contribution in [0.3, 0.4) is 0 Å². The number of imide groups is 1. The number of methoxy groups -OCH3 is 1. The highest BCUT2D eigenvalue weighted by Gasteiger charge is 2.36.